The quantitative estimate of drug-likeness (QED) is 0.671. The van der Waals surface area contributed by atoms with E-state index in [0.29, 0.717) is 0 Å². The average Bonchev–Trinajstić information content (AvgIpc) is 2.70. The van der Waals surface area contributed by atoms with Crippen LogP contribution < -0.4 is 9.80 Å². The van der Waals surface area contributed by atoms with E-state index < -0.39 is 0 Å². The fourth-order valence-electron chi connectivity index (χ4n) is 2.76. The lowest BCUT2D eigenvalue weighted by Gasteiger charge is -2.34. The van der Waals surface area contributed by atoms with E-state index in [-0.39, 0.29) is 0 Å². The first-order chi connectivity index (χ1) is 12.3. The standard InChI is InChI=1S/C17H16BrN7/c18-14-11-21-16(22-12-14)24-7-9-25(10-8-24)17-20-6-3-15(23-17)13-1-4-19-5-2-13/h1-6,11-12H,7-10H2. The number of aromatic nitrogens is 5. The Morgan fingerprint density at radius 3 is 2.08 bits per heavy atom. The second-order valence-corrected chi connectivity index (χ2v) is 6.57. The molecule has 0 unspecified atom stereocenters. The van der Waals surface area contributed by atoms with E-state index >= 15 is 0 Å². The molecule has 7 nitrogen and oxygen atoms in total. The summed E-state index contributed by atoms with van der Waals surface area (Å²) in [6.45, 7) is 3.34. The van der Waals surface area contributed by atoms with Crippen LogP contribution in [0.4, 0.5) is 11.9 Å². The highest BCUT2D eigenvalue weighted by Gasteiger charge is 2.21. The predicted molar refractivity (Wildman–Crippen MR) is 99.4 cm³/mol. The zero-order chi connectivity index (χ0) is 17.1. The fraction of sp³-hybridized carbons (Fsp3) is 0.235. The molecule has 1 aliphatic heterocycles. The lowest BCUT2D eigenvalue weighted by molar-refractivity contribution is 0.628. The van der Waals surface area contributed by atoms with Gasteiger partial charge in [0, 0.05) is 62.7 Å². The van der Waals surface area contributed by atoms with Crippen LogP contribution in [-0.4, -0.2) is 51.1 Å². The lowest BCUT2D eigenvalue weighted by atomic mass is 10.2. The molecular formula is C17H16BrN7. The normalized spacial score (nSPS) is 14.6. The number of pyridine rings is 1. The Morgan fingerprint density at radius 2 is 1.40 bits per heavy atom. The zero-order valence-corrected chi connectivity index (χ0v) is 15.0. The molecule has 1 aliphatic rings. The molecule has 0 aromatic carbocycles. The number of nitrogens with zero attached hydrogens (tertiary/aromatic N) is 7. The predicted octanol–water partition coefficient (Wildman–Crippen LogP) is 2.42. The summed E-state index contributed by atoms with van der Waals surface area (Å²) in [5.74, 6) is 1.51. The summed E-state index contributed by atoms with van der Waals surface area (Å²) < 4.78 is 0.885. The van der Waals surface area contributed by atoms with Gasteiger partial charge < -0.3 is 9.80 Å². The number of piperazine rings is 1. The molecule has 0 aliphatic carbocycles. The first-order valence-corrected chi connectivity index (χ1v) is 8.80. The van der Waals surface area contributed by atoms with Gasteiger partial charge in [-0.15, -0.1) is 0 Å². The van der Waals surface area contributed by atoms with Gasteiger partial charge in [0.15, 0.2) is 0 Å². The highest BCUT2D eigenvalue weighted by atomic mass is 79.9. The summed E-state index contributed by atoms with van der Waals surface area (Å²) >= 11 is 3.36. The van der Waals surface area contributed by atoms with Gasteiger partial charge in [-0.1, -0.05) is 0 Å². The van der Waals surface area contributed by atoms with Crippen LogP contribution in [0.1, 0.15) is 0 Å². The molecule has 0 spiro atoms. The Labute approximate surface area is 153 Å². The number of rotatable bonds is 3. The maximum absolute atomic E-state index is 4.71. The summed E-state index contributed by atoms with van der Waals surface area (Å²) in [7, 11) is 0. The third-order valence-corrected chi connectivity index (χ3v) is 4.48. The van der Waals surface area contributed by atoms with E-state index in [2.05, 4.69) is 45.7 Å². The summed E-state index contributed by atoms with van der Waals surface area (Å²) in [4.78, 5) is 26.3. The van der Waals surface area contributed by atoms with Crippen LogP contribution in [-0.2, 0) is 0 Å². The lowest BCUT2D eigenvalue weighted by Crippen LogP contribution is -2.47. The van der Waals surface area contributed by atoms with Crippen LogP contribution >= 0.6 is 15.9 Å². The molecule has 0 N–H and O–H groups in total. The Bertz CT molecular complexity index is 833. The molecule has 0 atom stereocenters. The molecule has 3 aromatic rings. The molecule has 1 saturated heterocycles. The van der Waals surface area contributed by atoms with Crippen molar-refractivity contribution < 1.29 is 0 Å². The minimum atomic E-state index is 0.755. The molecule has 4 heterocycles. The Kier molecular flexibility index (Phi) is 4.51. The summed E-state index contributed by atoms with van der Waals surface area (Å²) in [5.41, 5.74) is 1.95. The number of halogens is 1. The Morgan fingerprint density at radius 1 is 0.760 bits per heavy atom. The van der Waals surface area contributed by atoms with Crippen molar-refractivity contribution in [1.82, 2.24) is 24.9 Å². The van der Waals surface area contributed by atoms with Gasteiger partial charge in [-0.25, -0.2) is 19.9 Å². The van der Waals surface area contributed by atoms with Crippen LogP contribution in [0.3, 0.4) is 0 Å². The summed E-state index contributed by atoms with van der Waals surface area (Å²) in [6, 6.07) is 5.83. The van der Waals surface area contributed by atoms with Crippen molar-refractivity contribution in [3.8, 4) is 11.3 Å². The highest BCUT2D eigenvalue weighted by Crippen LogP contribution is 2.20. The first kappa shape index (κ1) is 15.9. The third-order valence-electron chi connectivity index (χ3n) is 4.07. The number of hydrogen-bond donors (Lipinski definition) is 0. The second kappa shape index (κ2) is 7.10. The van der Waals surface area contributed by atoms with E-state index in [0.717, 1.165) is 53.8 Å². The minimum Gasteiger partial charge on any atom is -0.337 e. The van der Waals surface area contributed by atoms with Crippen LogP contribution in [0.25, 0.3) is 11.3 Å². The molecular weight excluding hydrogens is 382 g/mol. The molecule has 126 valence electrons. The van der Waals surface area contributed by atoms with E-state index in [1.54, 1.807) is 24.8 Å². The molecule has 8 heteroatoms. The van der Waals surface area contributed by atoms with Crippen LogP contribution in [0.5, 0.6) is 0 Å². The molecule has 0 bridgehead atoms. The molecule has 0 radical (unpaired) electrons. The van der Waals surface area contributed by atoms with Crippen LogP contribution in [0.15, 0.2) is 53.7 Å². The maximum Gasteiger partial charge on any atom is 0.225 e. The molecule has 4 rings (SSSR count). The highest BCUT2D eigenvalue weighted by molar-refractivity contribution is 9.10. The molecule has 3 aromatic heterocycles. The number of hydrogen-bond acceptors (Lipinski definition) is 7. The molecule has 1 fully saturated rings. The van der Waals surface area contributed by atoms with Gasteiger partial charge in [0.2, 0.25) is 11.9 Å². The summed E-state index contributed by atoms with van der Waals surface area (Å²) in [6.07, 6.45) is 8.90. The van der Waals surface area contributed by atoms with E-state index in [9.17, 15) is 0 Å². The van der Waals surface area contributed by atoms with Crippen LogP contribution in [0.2, 0.25) is 0 Å². The largest absolute Gasteiger partial charge is 0.337 e. The first-order valence-electron chi connectivity index (χ1n) is 8.00. The monoisotopic (exact) mass is 397 g/mol. The number of anilines is 2. The van der Waals surface area contributed by atoms with E-state index in [1.807, 2.05) is 24.4 Å². The van der Waals surface area contributed by atoms with Crippen molar-refractivity contribution in [3.63, 3.8) is 0 Å². The van der Waals surface area contributed by atoms with Gasteiger partial charge in [-0.05, 0) is 34.1 Å². The third kappa shape index (κ3) is 3.58. The summed E-state index contributed by atoms with van der Waals surface area (Å²) in [5, 5.41) is 0. The Hall–Kier alpha value is -2.61. The fourth-order valence-corrected chi connectivity index (χ4v) is 2.96. The van der Waals surface area contributed by atoms with E-state index in [1.165, 1.54) is 0 Å². The second-order valence-electron chi connectivity index (χ2n) is 5.65. The van der Waals surface area contributed by atoms with Crippen molar-refractivity contribution in [2.75, 3.05) is 36.0 Å². The Balaban J connectivity index is 1.47. The van der Waals surface area contributed by atoms with E-state index in [4.69, 9.17) is 4.98 Å². The topological polar surface area (TPSA) is 70.9 Å². The average molecular weight is 398 g/mol. The van der Waals surface area contributed by atoms with Gasteiger partial charge in [0.25, 0.3) is 0 Å². The van der Waals surface area contributed by atoms with Crippen molar-refractivity contribution in [1.29, 1.82) is 0 Å². The molecule has 25 heavy (non-hydrogen) atoms. The van der Waals surface area contributed by atoms with Crippen molar-refractivity contribution in [2.45, 2.75) is 0 Å². The molecule has 0 saturated carbocycles. The van der Waals surface area contributed by atoms with Gasteiger partial charge >= 0.3 is 0 Å². The van der Waals surface area contributed by atoms with Crippen molar-refractivity contribution >= 4 is 27.8 Å². The van der Waals surface area contributed by atoms with Gasteiger partial charge in [-0.3, -0.25) is 4.98 Å². The van der Waals surface area contributed by atoms with Crippen molar-refractivity contribution in [3.05, 3.63) is 53.7 Å². The minimum absolute atomic E-state index is 0.755. The molecule has 0 amide bonds. The zero-order valence-electron chi connectivity index (χ0n) is 13.5. The SMILES string of the molecule is Brc1cnc(N2CCN(c3nccc(-c4ccncc4)n3)CC2)nc1. The van der Waals surface area contributed by atoms with Gasteiger partial charge in [0.1, 0.15) is 0 Å². The van der Waals surface area contributed by atoms with Crippen molar-refractivity contribution in [2.24, 2.45) is 0 Å². The van der Waals surface area contributed by atoms with Gasteiger partial charge in [0.05, 0.1) is 10.2 Å². The van der Waals surface area contributed by atoms with Crippen LogP contribution in [0, 0.1) is 0 Å². The maximum atomic E-state index is 4.71. The smallest absolute Gasteiger partial charge is 0.225 e. The van der Waals surface area contributed by atoms with Gasteiger partial charge in [-0.2, -0.15) is 0 Å².